The molecule has 0 radical (unpaired) electrons. The summed E-state index contributed by atoms with van der Waals surface area (Å²) >= 11 is 0. The maximum absolute atomic E-state index is 11.2. The zero-order valence-electron chi connectivity index (χ0n) is 9.15. The van der Waals surface area contributed by atoms with Crippen molar-refractivity contribution in [2.24, 2.45) is 5.73 Å². The van der Waals surface area contributed by atoms with Crippen molar-refractivity contribution < 1.29 is 4.79 Å². The number of nitrogens with one attached hydrogen (secondary N) is 1. The standard InChI is InChI=1S/C11H16N4O/c12-8-9-7-10(1-3-13-9)15-5-2-11(16)14-4-6-15/h1,3,7H,2,4-6,8,12H2,(H,14,16). The second-order valence-electron chi connectivity index (χ2n) is 3.80. The van der Waals surface area contributed by atoms with Crippen molar-refractivity contribution in [3.8, 4) is 0 Å². The monoisotopic (exact) mass is 220 g/mol. The molecule has 1 amide bonds. The van der Waals surface area contributed by atoms with E-state index in [9.17, 15) is 4.79 Å². The van der Waals surface area contributed by atoms with E-state index in [1.807, 2.05) is 12.1 Å². The van der Waals surface area contributed by atoms with Crippen LogP contribution in [-0.2, 0) is 11.3 Å². The SMILES string of the molecule is NCc1cc(N2CCNC(=O)CC2)ccn1. The molecule has 0 spiro atoms. The fourth-order valence-electron chi connectivity index (χ4n) is 1.80. The number of anilines is 1. The maximum Gasteiger partial charge on any atom is 0.221 e. The third kappa shape index (κ3) is 2.49. The van der Waals surface area contributed by atoms with Crippen LogP contribution in [0, 0.1) is 0 Å². The van der Waals surface area contributed by atoms with Gasteiger partial charge in [-0.1, -0.05) is 0 Å². The Labute approximate surface area is 94.6 Å². The molecule has 5 nitrogen and oxygen atoms in total. The molecule has 1 aromatic heterocycles. The summed E-state index contributed by atoms with van der Waals surface area (Å²) < 4.78 is 0. The predicted molar refractivity (Wildman–Crippen MR) is 62.0 cm³/mol. The Morgan fingerprint density at radius 2 is 2.38 bits per heavy atom. The van der Waals surface area contributed by atoms with E-state index in [-0.39, 0.29) is 5.91 Å². The highest BCUT2D eigenvalue weighted by Crippen LogP contribution is 2.15. The van der Waals surface area contributed by atoms with Crippen LogP contribution in [0.2, 0.25) is 0 Å². The number of rotatable bonds is 2. The number of aromatic nitrogens is 1. The Morgan fingerprint density at radius 1 is 1.50 bits per heavy atom. The predicted octanol–water partition coefficient (Wildman–Crippen LogP) is -0.133. The highest BCUT2D eigenvalue weighted by molar-refractivity contribution is 5.77. The molecule has 1 aliphatic rings. The van der Waals surface area contributed by atoms with Gasteiger partial charge in [0.15, 0.2) is 0 Å². The van der Waals surface area contributed by atoms with E-state index in [0.717, 1.165) is 24.5 Å². The summed E-state index contributed by atoms with van der Waals surface area (Å²) in [5.74, 6) is 0.121. The molecule has 0 aliphatic carbocycles. The summed E-state index contributed by atoms with van der Waals surface area (Å²) in [6, 6.07) is 3.94. The highest BCUT2D eigenvalue weighted by atomic mass is 16.1. The maximum atomic E-state index is 11.2. The minimum Gasteiger partial charge on any atom is -0.369 e. The van der Waals surface area contributed by atoms with Gasteiger partial charge >= 0.3 is 0 Å². The molecule has 1 aliphatic heterocycles. The van der Waals surface area contributed by atoms with Crippen molar-refractivity contribution in [2.75, 3.05) is 24.5 Å². The fourth-order valence-corrected chi connectivity index (χ4v) is 1.80. The first-order chi connectivity index (χ1) is 7.79. The van der Waals surface area contributed by atoms with Crippen LogP contribution in [0.1, 0.15) is 12.1 Å². The van der Waals surface area contributed by atoms with Gasteiger partial charge < -0.3 is 16.0 Å². The van der Waals surface area contributed by atoms with Crippen LogP contribution in [0.25, 0.3) is 0 Å². The topological polar surface area (TPSA) is 71.2 Å². The summed E-state index contributed by atoms with van der Waals surface area (Å²) in [6.07, 6.45) is 2.30. The van der Waals surface area contributed by atoms with E-state index in [0.29, 0.717) is 19.5 Å². The van der Waals surface area contributed by atoms with E-state index >= 15 is 0 Å². The molecule has 0 bridgehead atoms. The zero-order chi connectivity index (χ0) is 11.4. The molecule has 5 heteroatoms. The molecule has 2 heterocycles. The summed E-state index contributed by atoms with van der Waals surface area (Å²) in [5, 5.41) is 2.85. The minimum absolute atomic E-state index is 0.121. The van der Waals surface area contributed by atoms with E-state index in [1.165, 1.54) is 0 Å². The first-order valence-corrected chi connectivity index (χ1v) is 5.46. The number of nitrogens with zero attached hydrogens (tertiary/aromatic N) is 2. The van der Waals surface area contributed by atoms with E-state index < -0.39 is 0 Å². The molecule has 0 aromatic carbocycles. The molecular formula is C11H16N4O. The van der Waals surface area contributed by atoms with Gasteiger partial charge in [0.2, 0.25) is 5.91 Å². The number of hydrogen-bond donors (Lipinski definition) is 2. The van der Waals surface area contributed by atoms with Crippen LogP contribution >= 0.6 is 0 Å². The molecule has 3 N–H and O–H groups in total. The minimum atomic E-state index is 0.121. The number of hydrogen-bond acceptors (Lipinski definition) is 4. The highest BCUT2D eigenvalue weighted by Gasteiger charge is 2.13. The van der Waals surface area contributed by atoms with Crippen LogP contribution < -0.4 is 16.0 Å². The lowest BCUT2D eigenvalue weighted by Crippen LogP contribution is -2.28. The van der Waals surface area contributed by atoms with Crippen molar-refractivity contribution in [2.45, 2.75) is 13.0 Å². The summed E-state index contributed by atoms with van der Waals surface area (Å²) in [4.78, 5) is 17.5. The lowest BCUT2D eigenvalue weighted by molar-refractivity contribution is -0.120. The first kappa shape index (κ1) is 10.9. The van der Waals surface area contributed by atoms with Gasteiger partial charge in [-0.05, 0) is 12.1 Å². The summed E-state index contributed by atoms with van der Waals surface area (Å²) in [5.41, 5.74) is 7.52. The summed E-state index contributed by atoms with van der Waals surface area (Å²) in [7, 11) is 0. The quantitative estimate of drug-likeness (QED) is 0.728. The van der Waals surface area contributed by atoms with Crippen LogP contribution in [0.15, 0.2) is 18.3 Å². The van der Waals surface area contributed by atoms with Crippen LogP contribution in [0.4, 0.5) is 5.69 Å². The van der Waals surface area contributed by atoms with Crippen LogP contribution in [0.3, 0.4) is 0 Å². The van der Waals surface area contributed by atoms with Crippen molar-refractivity contribution in [3.05, 3.63) is 24.0 Å². The van der Waals surface area contributed by atoms with E-state index in [1.54, 1.807) is 6.20 Å². The average Bonchev–Trinajstić information content (AvgIpc) is 2.54. The molecule has 2 rings (SSSR count). The Balaban J connectivity index is 2.13. The zero-order valence-corrected chi connectivity index (χ0v) is 9.15. The van der Waals surface area contributed by atoms with Crippen molar-refractivity contribution in [1.29, 1.82) is 0 Å². The van der Waals surface area contributed by atoms with Crippen LogP contribution in [0.5, 0.6) is 0 Å². The molecule has 1 saturated heterocycles. The van der Waals surface area contributed by atoms with Gasteiger partial charge in [-0.3, -0.25) is 9.78 Å². The Hall–Kier alpha value is -1.62. The smallest absolute Gasteiger partial charge is 0.221 e. The molecule has 16 heavy (non-hydrogen) atoms. The molecule has 86 valence electrons. The normalized spacial score (nSPS) is 16.8. The van der Waals surface area contributed by atoms with Gasteiger partial charge in [-0.25, -0.2) is 0 Å². The lowest BCUT2D eigenvalue weighted by atomic mass is 10.2. The average molecular weight is 220 g/mol. The number of carbonyl (C=O) groups excluding carboxylic acids is 1. The van der Waals surface area contributed by atoms with Crippen molar-refractivity contribution in [3.63, 3.8) is 0 Å². The Kier molecular flexibility index (Phi) is 3.36. The van der Waals surface area contributed by atoms with Crippen molar-refractivity contribution >= 4 is 11.6 Å². The van der Waals surface area contributed by atoms with Gasteiger partial charge in [0.05, 0.1) is 5.69 Å². The number of carbonyl (C=O) groups is 1. The third-order valence-corrected chi connectivity index (χ3v) is 2.69. The summed E-state index contributed by atoms with van der Waals surface area (Å²) in [6.45, 7) is 2.72. The number of amides is 1. The van der Waals surface area contributed by atoms with E-state index in [2.05, 4.69) is 15.2 Å². The second-order valence-corrected chi connectivity index (χ2v) is 3.80. The van der Waals surface area contributed by atoms with Gasteiger partial charge in [0.25, 0.3) is 0 Å². The first-order valence-electron chi connectivity index (χ1n) is 5.46. The molecule has 1 aromatic rings. The van der Waals surface area contributed by atoms with Crippen LogP contribution in [-0.4, -0.2) is 30.5 Å². The van der Waals surface area contributed by atoms with Gasteiger partial charge in [0, 0.05) is 44.5 Å². The Morgan fingerprint density at radius 3 is 3.19 bits per heavy atom. The van der Waals surface area contributed by atoms with E-state index in [4.69, 9.17) is 5.73 Å². The Bertz CT molecular complexity index is 380. The molecule has 1 fully saturated rings. The second kappa shape index (κ2) is 4.94. The van der Waals surface area contributed by atoms with Gasteiger partial charge in [-0.2, -0.15) is 0 Å². The molecule has 0 unspecified atom stereocenters. The third-order valence-electron chi connectivity index (χ3n) is 2.69. The van der Waals surface area contributed by atoms with Gasteiger partial charge in [-0.15, -0.1) is 0 Å². The molecule has 0 atom stereocenters. The van der Waals surface area contributed by atoms with Gasteiger partial charge in [0.1, 0.15) is 0 Å². The molecular weight excluding hydrogens is 204 g/mol. The van der Waals surface area contributed by atoms with Crippen molar-refractivity contribution in [1.82, 2.24) is 10.3 Å². The number of pyridine rings is 1. The lowest BCUT2D eigenvalue weighted by Gasteiger charge is -2.21. The largest absolute Gasteiger partial charge is 0.369 e. The fraction of sp³-hybridized carbons (Fsp3) is 0.455. The molecule has 0 saturated carbocycles. The number of nitrogens with two attached hydrogens (primary N) is 1.